The van der Waals surface area contributed by atoms with E-state index in [0.717, 1.165) is 10.0 Å². The Bertz CT molecular complexity index is 530. The predicted octanol–water partition coefficient (Wildman–Crippen LogP) is 1.46. The van der Waals surface area contributed by atoms with Crippen LogP contribution in [0.25, 0.3) is 0 Å². The summed E-state index contributed by atoms with van der Waals surface area (Å²) in [5, 5.41) is 0. The number of ether oxygens (including phenoxy) is 1. The van der Waals surface area contributed by atoms with Gasteiger partial charge in [-0.25, -0.2) is 0 Å². The van der Waals surface area contributed by atoms with Crippen LogP contribution in [0.2, 0.25) is 0 Å². The second kappa shape index (κ2) is 6.32. The standard InChI is InChI=1S/C12H17BrN2O3S/c1-14(10-11-4-2-3-5-12(11)13)19(16,17)15-6-8-18-9-7-15/h2-5H,6-10H2,1H3. The highest BCUT2D eigenvalue weighted by Gasteiger charge is 2.28. The maximum atomic E-state index is 12.4. The van der Waals surface area contributed by atoms with Crippen LogP contribution in [-0.4, -0.2) is 50.4 Å². The SMILES string of the molecule is CN(Cc1ccccc1Br)S(=O)(=O)N1CCOCC1. The van der Waals surface area contributed by atoms with Crippen LogP contribution in [0.15, 0.2) is 28.7 Å². The Kier molecular flexibility index (Phi) is 4.97. The summed E-state index contributed by atoms with van der Waals surface area (Å²) in [5.74, 6) is 0. The Hall–Kier alpha value is -0.470. The second-order valence-electron chi connectivity index (χ2n) is 4.37. The molecule has 1 heterocycles. The molecule has 106 valence electrons. The van der Waals surface area contributed by atoms with E-state index in [1.54, 1.807) is 7.05 Å². The van der Waals surface area contributed by atoms with Crippen molar-refractivity contribution in [1.82, 2.24) is 8.61 Å². The molecule has 0 bridgehead atoms. The molecule has 1 aliphatic heterocycles. The van der Waals surface area contributed by atoms with Crippen LogP contribution in [0.1, 0.15) is 5.56 Å². The number of hydrogen-bond acceptors (Lipinski definition) is 3. The zero-order chi connectivity index (χ0) is 13.9. The summed E-state index contributed by atoms with van der Waals surface area (Å²) in [7, 11) is -1.81. The van der Waals surface area contributed by atoms with Gasteiger partial charge in [-0.05, 0) is 11.6 Å². The number of morpholine rings is 1. The molecule has 1 aromatic carbocycles. The van der Waals surface area contributed by atoms with E-state index in [2.05, 4.69) is 15.9 Å². The molecule has 7 heteroatoms. The smallest absolute Gasteiger partial charge is 0.282 e. The van der Waals surface area contributed by atoms with Crippen LogP contribution in [0.4, 0.5) is 0 Å². The summed E-state index contributed by atoms with van der Waals surface area (Å²) < 4.78 is 33.7. The van der Waals surface area contributed by atoms with Gasteiger partial charge >= 0.3 is 0 Å². The molecule has 0 radical (unpaired) electrons. The second-order valence-corrected chi connectivity index (χ2v) is 7.26. The molecule has 0 aliphatic carbocycles. The van der Waals surface area contributed by atoms with Gasteiger partial charge in [-0.15, -0.1) is 0 Å². The molecule has 1 aromatic rings. The molecule has 0 spiro atoms. The average molecular weight is 349 g/mol. The summed E-state index contributed by atoms with van der Waals surface area (Å²) in [6.45, 7) is 2.11. The Balaban J connectivity index is 2.10. The van der Waals surface area contributed by atoms with E-state index in [0.29, 0.717) is 32.8 Å². The first-order chi connectivity index (χ1) is 9.01. The Morgan fingerprint density at radius 2 is 1.95 bits per heavy atom. The fourth-order valence-electron chi connectivity index (χ4n) is 1.92. The minimum atomic E-state index is -3.41. The number of halogens is 1. The summed E-state index contributed by atoms with van der Waals surface area (Å²) in [6, 6.07) is 7.62. The lowest BCUT2D eigenvalue weighted by Gasteiger charge is -2.30. The van der Waals surface area contributed by atoms with Gasteiger partial charge in [0.05, 0.1) is 13.2 Å². The summed E-state index contributed by atoms with van der Waals surface area (Å²) in [5.41, 5.74) is 0.946. The lowest BCUT2D eigenvalue weighted by atomic mass is 10.2. The highest BCUT2D eigenvalue weighted by Crippen LogP contribution is 2.19. The molecule has 1 fully saturated rings. The van der Waals surface area contributed by atoms with Crippen LogP contribution in [0.5, 0.6) is 0 Å². The molecular formula is C12H17BrN2O3S. The third-order valence-corrected chi connectivity index (χ3v) is 5.75. The van der Waals surface area contributed by atoms with E-state index in [-0.39, 0.29) is 0 Å². The van der Waals surface area contributed by atoms with Gasteiger partial charge in [0.25, 0.3) is 10.2 Å². The largest absolute Gasteiger partial charge is 0.379 e. The van der Waals surface area contributed by atoms with Gasteiger partial charge in [0, 0.05) is 31.2 Å². The molecule has 0 atom stereocenters. The fraction of sp³-hybridized carbons (Fsp3) is 0.500. The molecule has 5 nitrogen and oxygen atoms in total. The molecule has 0 unspecified atom stereocenters. The molecule has 1 aliphatic rings. The lowest BCUT2D eigenvalue weighted by molar-refractivity contribution is 0.0705. The minimum Gasteiger partial charge on any atom is -0.379 e. The maximum absolute atomic E-state index is 12.4. The van der Waals surface area contributed by atoms with Gasteiger partial charge in [0.2, 0.25) is 0 Å². The Morgan fingerprint density at radius 3 is 2.58 bits per heavy atom. The summed E-state index contributed by atoms with van der Waals surface area (Å²) in [4.78, 5) is 0. The van der Waals surface area contributed by atoms with E-state index in [9.17, 15) is 8.42 Å². The van der Waals surface area contributed by atoms with Gasteiger partial charge in [-0.1, -0.05) is 34.1 Å². The van der Waals surface area contributed by atoms with Gasteiger partial charge in [-0.2, -0.15) is 17.0 Å². The first-order valence-corrected chi connectivity index (χ1v) is 8.23. The number of nitrogens with zero attached hydrogens (tertiary/aromatic N) is 2. The van der Waals surface area contributed by atoms with Crippen LogP contribution in [0, 0.1) is 0 Å². The lowest BCUT2D eigenvalue weighted by Crippen LogP contribution is -2.47. The Morgan fingerprint density at radius 1 is 1.32 bits per heavy atom. The van der Waals surface area contributed by atoms with Crippen molar-refractivity contribution in [2.45, 2.75) is 6.54 Å². The van der Waals surface area contributed by atoms with Crippen molar-refractivity contribution in [2.75, 3.05) is 33.4 Å². The van der Waals surface area contributed by atoms with E-state index in [4.69, 9.17) is 4.74 Å². The van der Waals surface area contributed by atoms with E-state index in [1.807, 2.05) is 24.3 Å². The molecule has 0 amide bonds. The zero-order valence-corrected chi connectivity index (χ0v) is 13.2. The highest BCUT2D eigenvalue weighted by atomic mass is 79.9. The Labute approximate surface area is 122 Å². The van der Waals surface area contributed by atoms with Crippen molar-refractivity contribution in [3.8, 4) is 0 Å². The van der Waals surface area contributed by atoms with Crippen LogP contribution >= 0.6 is 15.9 Å². The van der Waals surface area contributed by atoms with Gasteiger partial charge in [0.15, 0.2) is 0 Å². The zero-order valence-electron chi connectivity index (χ0n) is 10.8. The van der Waals surface area contributed by atoms with Crippen LogP contribution < -0.4 is 0 Å². The number of benzene rings is 1. The third-order valence-electron chi connectivity index (χ3n) is 3.04. The van der Waals surface area contributed by atoms with Crippen molar-refractivity contribution >= 4 is 26.1 Å². The topological polar surface area (TPSA) is 49.9 Å². The average Bonchev–Trinajstić information content (AvgIpc) is 2.42. The molecule has 1 saturated heterocycles. The van der Waals surface area contributed by atoms with Gasteiger partial charge < -0.3 is 4.74 Å². The normalized spacial score (nSPS) is 17.8. The summed E-state index contributed by atoms with van der Waals surface area (Å²) >= 11 is 3.43. The van der Waals surface area contributed by atoms with Crippen molar-refractivity contribution in [3.05, 3.63) is 34.3 Å². The van der Waals surface area contributed by atoms with Crippen molar-refractivity contribution in [1.29, 1.82) is 0 Å². The van der Waals surface area contributed by atoms with Crippen LogP contribution in [0.3, 0.4) is 0 Å². The quantitative estimate of drug-likeness (QED) is 0.827. The van der Waals surface area contributed by atoms with Crippen molar-refractivity contribution in [3.63, 3.8) is 0 Å². The van der Waals surface area contributed by atoms with Crippen molar-refractivity contribution < 1.29 is 13.2 Å². The monoisotopic (exact) mass is 348 g/mol. The first kappa shape index (κ1) is 14.9. The predicted molar refractivity (Wildman–Crippen MR) is 76.9 cm³/mol. The molecule has 19 heavy (non-hydrogen) atoms. The maximum Gasteiger partial charge on any atom is 0.282 e. The molecule has 0 saturated carbocycles. The minimum absolute atomic E-state index is 0.348. The van der Waals surface area contributed by atoms with Gasteiger partial charge in [0.1, 0.15) is 0 Å². The fourth-order valence-corrected chi connectivity index (χ4v) is 3.64. The molecule has 0 aromatic heterocycles. The number of rotatable bonds is 4. The third kappa shape index (κ3) is 3.55. The molecular weight excluding hydrogens is 332 g/mol. The summed E-state index contributed by atoms with van der Waals surface area (Å²) in [6.07, 6.45) is 0. The first-order valence-electron chi connectivity index (χ1n) is 6.04. The van der Waals surface area contributed by atoms with Crippen molar-refractivity contribution in [2.24, 2.45) is 0 Å². The van der Waals surface area contributed by atoms with Gasteiger partial charge in [-0.3, -0.25) is 0 Å². The van der Waals surface area contributed by atoms with E-state index >= 15 is 0 Å². The number of hydrogen-bond donors (Lipinski definition) is 0. The van der Waals surface area contributed by atoms with E-state index in [1.165, 1.54) is 8.61 Å². The van der Waals surface area contributed by atoms with E-state index < -0.39 is 10.2 Å². The highest BCUT2D eigenvalue weighted by molar-refractivity contribution is 9.10. The van der Waals surface area contributed by atoms with Crippen LogP contribution in [-0.2, 0) is 21.5 Å². The molecule has 2 rings (SSSR count). The molecule has 0 N–H and O–H groups in total.